The molecule has 1 heterocycles. The lowest BCUT2D eigenvalue weighted by Gasteiger charge is -2.13. The van der Waals surface area contributed by atoms with E-state index in [1.54, 1.807) is 11.8 Å². The number of nitrogens with zero attached hydrogens (tertiary/aromatic N) is 1. The maximum absolute atomic E-state index is 5.59. The van der Waals surface area contributed by atoms with Crippen molar-refractivity contribution in [2.75, 3.05) is 5.73 Å². The standard InChI is InChI=1S/C10H16N2S/c1-7(2)8(3)13-10-6-4-5-9(11)12-10/h4-8H,1-3H3,(H2,11,12). The number of rotatable bonds is 3. The summed E-state index contributed by atoms with van der Waals surface area (Å²) in [5.74, 6) is 1.26. The van der Waals surface area contributed by atoms with Crippen LogP contribution in [0, 0.1) is 5.92 Å². The minimum absolute atomic E-state index is 0.578. The highest BCUT2D eigenvalue weighted by molar-refractivity contribution is 7.99. The van der Waals surface area contributed by atoms with Gasteiger partial charge in [-0.3, -0.25) is 0 Å². The monoisotopic (exact) mass is 196 g/mol. The summed E-state index contributed by atoms with van der Waals surface area (Å²) >= 11 is 1.77. The average molecular weight is 196 g/mol. The summed E-state index contributed by atoms with van der Waals surface area (Å²) in [6.45, 7) is 6.63. The molecule has 2 nitrogen and oxygen atoms in total. The van der Waals surface area contributed by atoms with E-state index in [1.807, 2.05) is 18.2 Å². The van der Waals surface area contributed by atoms with E-state index in [4.69, 9.17) is 5.73 Å². The Kier molecular flexibility index (Phi) is 3.60. The summed E-state index contributed by atoms with van der Waals surface area (Å²) in [5, 5.41) is 1.59. The third-order valence-electron chi connectivity index (χ3n) is 1.99. The second-order valence-electron chi connectivity index (χ2n) is 3.47. The molecule has 0 aliphatic carbocycles. The molecule has 0 amide bonds. The van der Waals surface area contributed by atoms with Crippen LogP contribution in [0.25, 0.3) is 0 Å². The molecule has 0 aliphatic heterocycles. The molecule has 0 bridgehead atoms. The third kappa shape index (κ3) is 3.27. The van der Waals surface area contributed by atoms with Gasteiger partial charge in [0.25, 0.3) is 0 Å². The minimum Gasteiger partial charge on any atom is -0.384 e. The van der Waals surface area contributed by atoms with E-state index < -0.39 is 0 Å². The van der Waals surface area contributed by atoms with Crippen molar-refractivity contribution < 1.29 is 0 Å². The molecule has 0 aromatic carbocycles. The third-order valence-corrected chi connectivity index (χ3v) is 3.38. The first-order valence-corrected chi connectivity index (χ1v) is 5.36. The summed E-state index contributed by atoms with van der Waals surface area (Å²) in [5.41, 5.74) is 5.59. The van der Waals surface area contributed by atoms with E-state index in [0.717, 1.165) is 5.03 Å². The zero-order chi connectivity index (χ0) is 9.84. The zero-order valence-corrected chi connectivity index (χ0v) is 9.14. The first-order valence-electron chi connectivity index (χ1n) is 4.49. The molecule has 0 saturated heterocycles. The van der Waals surface area contributed by atoms with E-state index in [2.05, 4.69) is 25.8 Å². The quantitative estimate of drug-likeness (QED) is 0.755. The van der Waals surface area contributed by atoms with E-state index in [9.17, 15) is 0 Å². The molecule has 72 valence electrons. The maximum Gasteiger partial charge on any atom is 0.124 e. The lowest BCUT2D eigenvalue weighted by molar-refractivity contribution is 0.641. The first kappa shape index (κ1) is 10.4. The van der Waals surface area contributed by atoms with Crippen molar-refractivity contribution in [1.82, 2.24) is 4.98 Å². The highest BCUT2D eigenvalue weighted by Gasteiger charge is 2.09. The van der Waals surface area contributed by atoms with Crippen LogP contribution in [0.3, 0.4) is 0 Å². The van der Waals surface area contributed by atoms with Crippen LogP contribution in [0.2, 0.25) is 0 Å². The molecule has 0 saturated carbocycles. The Hall–Kier alpha value is -0.700. The van der Waals surface area contributed by atoms with Gasteiger partial charge in [0.1, 0.15) is 5.82 Å². The molecular weight excluding hydrogens is 180 g/mol. The van der Waals surface area contributed by atoms with Crippen LogP contribution in [0.5, 0.6) is 0 Å². The molecule has 0 aliphatic rings. The van der Waals surface area contributed by atoms with Crippen LogP contribution >= 0.6 is 11.8 Å². The Balaban J connectivity index is 2.64. The molecular formula is C10H16N2S. The van der Waals surface area contributed by atoms with Gasteiger partial charge in [0, 0.05) is 5.25 Å². The first-order chi connectivity index (χ1) is 6.09. The molecule has 0 radical (unpaired) electrons. The van der Waals surface area contributed by atoms with Crippen LogP contribution < -0.4 is 5.73 Å². The molecule has 0 spiro atoms. The van der Waals surface area contributed by atoms with Crippen molar-refractivity contribution in [3.05, 3.63) is 18.2 Å². The summed E-state index contributed by atoms with van der Waals surface area (Å²) in [6, 6.07) is 5.75. The Labute approximate surface area is 83.9 Å². The van der Waals surface area contributed by atoms with Crippen LogP contribution in [0.15, 0.2) is 23.2 Å². The van der Waals surface area contributed by atoms with Gasteiger partial charge in [0.05, 0.1) is 5.03 Å². The molecule has 1 unspecified atom stereocenters. The Morgan fingerprint density at radius 1 is 1.31 bits per heavy atom. The normalized spacial score (nSPS) is 13.2. The van der Waals surface area contributed by atoms with E-state index in [-0.39, 0.29) is 0 Å². The van der Waals surface area contributed by atoms with Gasteiger partial charge in [-0.2, -0.15) is 0 Å². The zero-order valence-electron chi connectivity index (χ0n) is 8.32. The number of hydrogen-bond donors (Lipinski definition) is 1. The number of anilines is 1. The molecule has 3 heteroatoms. The molecule has 2 N–H and O–H groups in total. The van der Waals surface area contributed by atoms with Crippen LogP contribution in [0.4, 0.5) is 5.82 Å². The van der Waals surface area contributed by atoms with E-state index in [0.29, 0.717) is 17.0 Å². The fourth-order valence-electron chi connectivity index (χ4n) is 0.823. The highest BCUT2D eigenvalue weighted by atomic mass is 32.2. The topological polar surface area (TPSA) is 38.9 Å². The lowest BCUT2D eigenvalue weighted by atomic mass is 10.2. The van der Waals surface area contributed by atoms with Gasteiger partial charge in [-0.1, -0.05) is 26.8 Å². The van der Waals surface area contributed by atoms with Crippen molar-refractivity contribution in [3.8, 4) is 0 Å². The number of hydrogen-bond acceptors (Lipinski definition) is 3. The fraction of sp³-hybridized carbons (Fsp3) is 0.500. The van der Waals surface area contributed by atoms with Gasteiger partial charge in [-0.25, -0.2) is 4.98 Å². The highest BCUT2D eigenvalue weighted by Crippen LogP contribution is 2.26. The van der Waals surface area contributed by atoms with Crippen molar-refractivity contribution in [3.63, 3.8) is 0 Å². The van der Waals surface area contributed by atoms with Crippen molar-refractivity contribution in [2.45, 2.75) is 31.0 Å². The number of nitrogens with two attached hydrogens (primary N) is 1. The minimum atomic E-state index is 0.578. The van der Waals surface area contributed by atoms with Crippen molar-refractivity contribution in [1.29, 1.82) is 0 Å². The predicted octanol–water partition coefficient (Wildman–Crippen LogP) is 2.80. The molecule has 1 aromatic rings. The summed E-state index contributed by atoms with van der Waals surface area (Å²) in [6.07, 6.45) is 0. The Bertz CT molecular complexity index is 273. The van der Waals surface area contributed by atoms with Crippen LogP contribution in [-0.4, -0.2) is 10.2 Å². The molecule has 1 rings (SSSR count). The molecule has 1 aromatic heterocycles. The smallest absolute Gasteiger partial charge is 0.124 e. The second-order valence-corrected chi connectivity index (χ2v) is 4.87. The number of nitrogen functional groups attached to an aromatic ring is 1. The Morgan fingerprint density at radius 3 is 2.54 bits per heavy atom. The average Bonchev–Trinajstić information content (AvgIpc) is 2.04. The SMILES string of the molecule is CC(C)C(C)Sc1cccc(N)n1. The van der Waals surface area contributed by atoms with E-state index >= 15 is 0 Å². The number of aromatic nitrogens is 1. The van der Waals surface area contributed by atoms with E-state index in [1.165, 1.54) is 0 Å². The van der Waals surface area contributed by atoms with Gasteiger partial charge < -0.3 is 5.73 Å². The molecule has 1 atom stereocenters. The van der Waals surface area contributed by atoms with Crippen molar-refractivity contribution in [2.24, 2.45) is 5.92 Å². The van der Waals surface area contributed by atoms with Crippen LogP contribution in [-0.2, 0) is 0 Å². The van der Waals surface area contributed by atoms with Crippen LogP contribution in [0.1, 0.15) is 20.8 Å². The number of thioether (sulfide) groups is 1. The molecule has 0 fully saturated rings. The van der Waals surface area contributed by atoms with Gasteiger partial charge in [-0.15, -0.1) is 11.8 Å². The maximum atomic E-state index is 5.59. The van der Waals surface area contributed by atoms with Gasteiger partial charge >= 0.3 is 0 Å². The lowest BCUT2D eigenvalue weighted by Crippen LogP contribution is -2.05. The predicted molar refractivity (Wildman–Crippen MR) is 58.8 cm³/mol. The summed E-state index contributed by atoms with van der Waals surface area (Å²) in [4.78, 5) is 4.24. The summed E-state index contributed by atoms with van der Waals surface area (Å²) in [7, 11) is 0. The number of pyridine rings is 1. The van der Waals surface area contributed by atoms with Gasteiger partial charge in [0.2, 0.25) is 0 Å². The largest absolute Gasteiger partial charge is 0.384 e. The molecule has 13 heavy (non-hydrogen) atoms. The van der Waals surface area contributed by atoms with Gasteiger partial charge in [0.15, 0.2) is 0 Å². The second kappa shape index (κ2) is 4.51. The van der Waals surface area contributed by atoms with Gasteiger partial charge in [-0.05, 0) is 18.1 Å². The Morgan fingerprint density at radius 2 is 2.00 bits per heavy atom. The fourth-order valence-corrected chi connectivity index (χ4v) is 1.79. The summed E-state index contributed by atoms with van der Waals surface area (Å²) < 4.78 is 0. The van der Waals surface area contributed by atoms with Crippen molar-refractivity contribution >= 4 is 17.6 Å².